The van der Waals surface area contributed by atoms with E-state index in [1.807, 2.05) is 54.7 Å². The highest BCUT2D eigenvalue weighted by molar-refractivity contribution is 7.20. The van der Waals surface area contributed by atoms with Gasteiger partial charge in [0.25, 0.3) is 0 Å². The van der Waals surface area contributed by atoms with Crippen molar-refractivity contribution in [3.63, 3.8) is 0 Å². The maximum Gasteiger partial charge on any atom is 0.249 e. The molecule has 0 atom stereocenters. The number of hydrogen-bond donors (Lipinski definition) is 0. The van der Waals surface area contributed by atoms with Crippen LogP contribution >= 0.6 is 0 Å². The number of halogens is 20. The summed E-state index contributed by atoms with van der Waals surface area (Å²) in [6.07, 6.45) is 15.0. The molecule has 426 valence electrons. The molecule has 0 N–H and O–H groups in total. The smallest absolute Gasteiger partial charge is 0.249 e. The fourth-order valence-corrected chi connectivity index (χ4v) is 9.40. The quantitative estimate of drug-likeness (QED) is 0.0115. The van der Waals surface area contributed by atoms with Gasteiger partial charge in [-0.25, -0.2) is 87.8 Å². The second-order valence-corrected chi connectivity index (χ2v) is 18.4. The van der Waals surface area contributed by atoms with Crippen molar-refractivity contribution in [1.82, 2.24) is 0 Å². The summed E-state index contributed by atoms with van der Waals surface area (Å²) in [5, 5.41) is 0. The van der Waals surface area contributed by atoms with Gasteiger partial charge in [-0.1, -0.05) is 127 Å². The fraction of sp³-hybridized carbons (Fsp3) is 0.327. The highest BCUT2D eigenvalue weighted by Crippen LogP contribution is 2.31. The molecule has 1 aromatic heterocycles. The average molecular weight is 1140 g/mol. The number of hydrogen-bond acceptors (Lipinski definition) is 2. The summed E-state index contributed by atoms with van der Waals surface area (Å²) in [5.74, 6) is -71.2. The summed E-state index contributed by atoms with van der Waals surface area (Å²) in [5.41, 5.74) is -13.0. The Morgan fingerprint density at radius 1 is 0.329 bits per heavy atom. The van der Waals surface area contributed by atoms with Crippen LogP contribution in [0.3, 0.4) is 0 Å². The first-order chi connectivity index (χ1) is 37.4. The lowest BCUT2D eigenvalue weighted by atomic mass is 9.12. The van der Waals surface area contributed by atoms with E-state index in [1.54, 1.807) is 4.57 Å². The molecule has 0 saturated heterocycles. The first kappa shape index (κ1) is 63.1. The predicted molar refractivity (Wildman–Crippen MR) is 251 cm³/mol. The molecule has 24 heteroatoms. The minimum Gasteiger partial charge on any atom is -0.287 e. The summed E-state index contributed by atoms with van der Waals surface area (Å²) in [6, 6.07) is 14.9. The van der Waals surface area contributed by atoms with Gasteiger partial charge >= 0.3 is 0 Å². The van der Waals surface area contributed by atoms with Gasteiger partial charge in [-0.15, -0.1) is 21.9 Å². The van der Waals surface area contributed by atoms with E-state index in [2.05, 4.69) is 6.92 Å². The summed E-state index contributed by atoms with van der Waals surface area (Å²) in [4.78, 5) is 25.3. The Hall–Kier alpha value is -6.75. The number of carbonyl (C=O) groups excluding carboxylic acids is 2. The molecule has 0 aliphatic heterocycles. The number of carbonyl (C=O) groups is 2. The van der Waals surface area contributed by atoms with Crippen LogP contribution in [0.2, 0.25) is 0 Å². The minimum absolute atomic E-state index is 0.0258. The third-order valence-corrected chi connectivity index (χ3v) is 13.4. The SMILES string of the molecule is CCCCCCCCCCCCCCCCCC(=O)c1cccc[n+]1CC(=O)c1ccccc1.Fc1c(F)c(F)c([B-](c2c(F)c(F)c(F)c(F)c2F)(c2c(F)c(F)c(F)c(F)c2F)c2c(F)c(F)c(F)c(F)c2F)c(F)c1F. The van der Waals surface area contributed by atoms with Crippen molar-refractivity contribution in [2.45, 2.75) is 116 Å². The number of nitrogens with zero attached hydrogens (tertiary/aromatic N) is 1. The van der Waals surface area contributed by atoms with E-state index in [1.165, 1.54) is 83.5 Å². The van der Waals surface area contributed by atoms with Crippen molar-refractivity contribution >= 4 is 39.6 Å². The van der Waals surface area contributed by atoms with Crippen molar-refractivity contribution in [2.24, 2.45) is 0 Å². The third kappa shape index (κ3) is 13.1. The highest BCUT2D eigenvalue weighted by Gasteiger charge is 2.52. The van der Waals surface area contributed by atoms with Crippen LogP contribution in [0.15, 0.2) is 54.7 Å². The lowest BCUT2D eigenvalue weighted by Gasteiger charge is -2.44. The molecular formula is C55H46BF20NO2. The Bertz CT molecular complexity index is 2790. The van der Waals surface area contributed by atoms with E-state index in [9.17, 15) is 62.3 Å². The topological polar surface area (TPSA) is 38.0 Å². The monoisotopic (exact) mass is 1140 g/mol. The number of benzene rings is 5. The Labute approximate surface area is 439 Å². The minimum atomic E-state index is -7.22. The van der Waals surface area contributed by atoms with Gasteiger partial charge in [-0.05, 0) is 12.5 Å². The van der Waals surface area contributed by atoms with Crippen LogP contribution in [-0.2, 0) is 6.54 Å². The standard InChI is InChI=1S/C31H46NO2.C24BF20/c1-2-3-4-5-6-7-8-9-10-11-12-13-14-15-19-25-30(33)29-24-20-21-26-32(29)27-31(34)28-22-17-16-18-23-28;26-5-1(6(27)14(35)21(42)13(5)34)25(2-7(28)15(36)22(43)16(37)8(2)29,3-9(30)17(38)23(44)18(39)10(3)31)4-11(32)19(40)24(45)20(41)12(4)33/h16-18,20-24,26H,2-15,19,25,27H2,1H3;/q+1;-1. The molecule has 0 bridgehead atoms. The van der Waals surface area contributed by atoms with Crippen molar-refractivity contribution in [3.8, 4) is 0 Å². The zero-order valence-electron chi connectivity index (χ0n) is 41.6. The summed E-state index contributed by atoms with van der Waals surface area (Å²) >= 11 is 0. The molecule has 0 aliphatic carbocycles. The lowest BCUT2D eigenvalue weighted by Crippen LogP contribution is -2.81. The molecule has 3 nitrogen and oxygen atoms in total. The molecule has 0 saturated carbocycles. The van der Waals surface area contributed by atoms with Gasteiger partial charge in [0.15, 0.2) is 76.0 Å². The summed E-state index contributed by atoms with van der Waals surface area (Å²) in [7, 11) is 0. The third-order valence-electron chi connectivity index (χ3n) is 13.4. The normalized spacial score (nSPS) is 11.6. The molecule has 0 radical (unpaired) electrons. The number of unbranched alkanes of at least 4 members (excludes halogenated alkanes) is 14. The van der Waals surface area contributed by atoms with E-state index in [0.717, 1.165) is 12.8 Å². The average Bonchev–Trinajstić information content (AvgIpc) is 3.56. The first-order valence-electron chi connectivity index (χ1n) is 24.8. The molecule has 0 aliphatic rings. The maximum atomic E-state index is 15.4. The van der Waals surface area contributed by atoms with Crippen LogP contribution < -0.4 is 26.4 Å². The lowest BCUT2D eigenvalue weighted by molar-refractivity contribution is -0.685. The second-order valence-electron chi connectivity index (χ2n) is 18.4. The van der Waals surface area contributed by atoms with Gasteiger partial charge in [0.2, 0.25) is 23.8 Å². The van der Waals surface area contributed by atoms with E-state index >= 15 is 35.1 Å². The zero-order valence-corrected chi connectivity index (χ0v) is 41.6. The van der Waals surface area contributed by atoms with Crippen LogP contribution in [0.5, 0.6) is 0 Å². The highest BCUT2D eigenvalue weighted by atomic mass is 19.2. The van der Waals surface area contributed by atoms with Gasteiger partial charge < -0.3 is 0 Å². The fourth-order valence-electron chi connectivity index (χ4n) is 9.40. The molecule has 0 unspecified atom stereocenters. The Kier molecular flexibility index (Phi) is 22.3. The van der Waals surface area contributed by atoms with Crippen LogP contribution in [0.25, 0.3) is 0 Å². The largest absolute Gasteiger partial charge is 0.287 e. The number of Topliss-reactive ketones (excluding diaryl/α,β-unsaturated/α-hetero) is 2. The Morgan fingerprint density at radius 2 is 0.595 bits per heavy atom. The van der Waals surface area contributed by atoms with Gasteiger partial charge in [0.05, 0.1) is 0 Å². The molecule has 5 aromatic carbocycles. The molecule has 6 rings (SSSR count). The van der Waals surface area contributed by atoms with E-state index < -0.39 is 144 Å². The van der Waals surface area contributed by atoms with Crippen LogP contribution in [0, 0.1) is 116 Å². The molecule has 0 spiro atoms. The van der Waals surface area contributed by atoms with Crippen LogP contribution in [0.1, 0.15) is 131 Å². The van der Waals surface area contributed by atoms with Crippen LogP contribution in [-0.4, -0.2) is 17.7 Å². The van der Waals surface area contributed by atoms with Gasteiger partial charge in [-0.3, -0.25) is 9.59 Å². The van der Waals surface area contributed by atoms with E-state index in [0.29, 0.717) is 17.7 Å². The van der Waals surface area contributed by atoms with Gasteiger partial charge in [0.1, 0.15) is 52.7 Å². The van der Waals surface area contributed by atoms with Crippen molar-refractivity contribution in [1.29, 1.82) is 0 Å². The Balaban J connectivity index is 0.000000303. The van der Waals surface area contributed by atoms with Crippen molar-refractivity contribution in [2.75, 3.05) is 0 Å². The number of ketones is 2. The first-order valence-corrected chi connectivity index (χ1v) is 24.8. The summed E-state index contributed by atoms with van der Waals surface area (Å²) in [6.45, 7) is 2.47. The van der Waals surface area contributed by atoms with Gasteiger partial charge in [-0.2, -0.15) is 4.57 Å². The molecule has 1 heterocycles. The molecule has 6 aromatic rings. The molecule has 0 fully saturated rings. The number of pyridine rings is 1. The molecular weight excluding hydrogens is 1100 g/mol. The zero-order chi connectivity index (χ0) is 58.6. The summed E-state index contributed by atoms with van der Waals surface area (Å²) < 4.78 is 296. The molecule has 79 heavy (non-hydrogen) atoms. The Morgan fingerprint density at radius 3 is 0.899 bits per heavy atom. The second kappa shape index (κ2) is 27.9. The molecule has 0 amide bonds. The van der Waals surface area contributed by atoms with Crippen molar-refractivity contribution in [3.05, 3.63) is 182 Å². The van der Waals surface area contributed by atoms with Crippen molar-refractivity contribution < 1.29 is 102 Å². The van der Waals surface area contributed by atoms with Gasteiger partial charge in [0, 0.05) is 24.1 Å². The number of rotatable bonds is 24. The maximum absolute atomic E-state index is 15.4. The van der Waals surface area contributed by atoms with E-state index in [-0.39, 0.29) is 18.1 Å². The predicted octanol–water partition coefficient (Wildman–Crippen LogP) is 14.1. The van der Waals surface area contributed by atoms with Crippen LogP contribution in [0.4, 0.5) is 87.8 Å². The van der Waals surface area contributed by atoms with E-state index in [4.69, 9.17) is 0 Å². The number of aromatic nitrogens is 1.